The van der Waals surface area contributed by atoms with E-state index in [1.165, 1.54) is 26.4 Å². The first-order chi connectivity index (χ1) is 13.5. The molecule has 0 bridgehead atoms. The molecule has 2 heterocycles. The lowest BCUT2D eigenvalue weighted by Crippen LogP contribution is -2.24. The molecule has 1 aliphatic heterocycles. The summed E-state index contributed by atoms with van der Waals surface area (Å²) in [5, 5.41) is 17.4. The lowest BCUT2D eigenvalue weighted by Gasteiger charge is -2.24. The molecule has 8 heteroatoms. The third kappa shape index (κ3) is 2.92. The Hall–Kier alpha value is -3.55. The smallest absolute Gasteiger partial charge is 0.226 e. The maximum absolute atomic E-state index is 13.2. The first-order valence-corrected chi connectivity index (χ1v) is 8.60. The van der Waals surface area contributed by atoms with Crippen LogP contribution in [0.2, 0.25) is 0 Å². The number of amides is 1. The van der Waals surface area contributed by atoms with Gasteiger partial charge in [-0.1, -0.05) is 0 Å². The van der Waals surface area contributed by atoms with Crippen LogP contribution in [0, 0.1) is 5.82 Å². The molecule has 0 saturated heterocycles. The number of hydrogen-bond acceptors (Lipinski definition) is 5. The molecule has 28 heavy (non-hydrogen) atoms. The van der Waals surface area contributed by atoms with Crippen LogP contribution in [-0.4, -0.2) is 35.0 Å². The number of ether oxygens (including phenoxy) is 2. The van der Waals surface area contributed by atoms with Crippen molar-refractivity contribution in [1.29, 1.82) is 0 Å². The first kappa shape index (κ1) is 17.8. The third-order valence-electron chi connectivity index (χ3n) is 4.80. The van der Waals surface area contributed by atoms with Crippen molar-refractivity contribution in [1.82, 2.24) is 9.78 Å². The summed E-state index contributed by atoms with van der Waals surface area (Å²) in [6.45, 7) is 0. The monoisotopic (exact) mass is 383 g/mol. The highest BCUT2D eigenvalue weighted by atomic mass is 19.1. The van der Waals surface area contributed by atoms with Crippen LogP contribution >= 0.6 is 0 Å². The van der Waals surface area contributed by atoms with Crippen LogP contribution in [0.5, 0.6) is 17.2 Å². The molecule has 0 fully saturated rings. The zero-order chi connectivity index (χ0) is 19.8. The van der Waals surface area contributed by atoms with Gasteiger partial charge in [0.15, 0.2) is 11.5 Å². The van der Waals surface area contributed by atoms with E-state index in [2.05, 4.69) is 10.4 Å². The predicted molar refractivity (Wildman–Crippen MR) is 99.8 cm³/mol. The molecule has 0 aliphatic carbocycles. The van der Waals surface area contributed by atoms with Gasteiger partial charge in [0, 0.05) is 17.9 Å². The van der Waals surface area contributed by atoms with Crippen LogP contribution in [0.25, 0.3) is 5.69 Å². The van der Waals surface area contributed by atoms with Crippen molar-refractivity contribution in [2.24, 2.45) is 0 Å². The number of aromatic nitrogens is 2. The quantitative estimate of drug-likeness (QED) is 0.723. The number of carbonyl (C=O) groups is 1. The van der Waals surface area contributed by atoms with Crippen LogP contribution in [0.3, 0.4) is 0 Å². The minimum atomic E-state index is -0.352. The number of methoxy groups -OCH3 is 2. The van der Waals surface area contributed by atoms with Crippen molar-refractivity contribution >= 4 is 11.7 Å². The van der Waals surface area contributed by atoms with Gasteiger partial charge >= 0.3 is 0 Å². The maximum Gasteiger partial charge on any atom is 0.226 e. The Morgan fingerprint density at radius 2 is 1.82 bits per heavy atom. The summed E-state index contributed by atoms with van der Waals surface area (Å²) in [7, 11) is 2.90. The zero-order valence-corrected chi connectivity index (χ0v) is 15.3. The standard InChI is InChI=1S/C20H18FN3O4/c1-27-16-7-11(8-17(28-2)19(16)26)14-9-18(25)23-20-15(14)10-22-24(20)13-5-3-12(21)4-6-13/h3-8,10,14,26H,9H2,1-2H3,(H,23,25)/t14-/m1/s1. The Kier molecular flexibility index (Phi) is 4.38. The Bertz CT molecular complexity index is 1020. The van der Waals surface area contributed by atoms with Crippen LogP contribution in [0.1, 0.15) is 23.5 Å². The van der Waals surface area contributed by atoms with Gasteiger partial charge in [0.25, 0.3) is 0 Å². The van der Waals surface area contributed by atoms with Gasteiger partial charge < -0.3 is 19.9 Å². The van der Waals surface area contributed by atoms with Gasteiger partial charge in [-0.2, -0.15) is 5.10 Å². The summed E-state index contributed by atoms with van der Waals surface area (Å²) in [6, 6.07) is 9.21. The maximum atomic E-state index is 13.2. The second-order valence-electron chi connectivity index (χ2n) is 6.42. The molecule has 1 atom stereocenters. The van der Waals surface area contributed by atoms with Gasteiger partial charge in [0.1, 0.15) is 11.6 Å². The molecule has 2 N–H and O–H groups in total. The Morgan fingerprint density at radius 3 is 2.43 bits per heavy atom. The average molecular weight is 383 g/mol. The van der Waals surface area contributed by atoms with Gasteiger partial charge in [-0.15, -0.1) is 0 Å². The summed E-state index contributed by atoms with van der Waals surface area (Å²) >= 11 is 0. The number of hydrogen-bond donors (Lipinski definition) is 2. The molecule has 0 spiro atoms. The van der Waals surface area contributed by atoms with Gasteiger partial charge in [-0.05, 0) is 42.0 Å². The largest absolute Gasteiger partial charge is 0.502 e. The number of rotatable bonds is 4. The number of nitrogens with one attached hydrogen (secondary N) is 1. The molecule has 4 rings (SSSR count). The second-order valence-corrected chi connectivity index (χ2v) is 6.42. The molecule has 0 unspecified atom stereocenters. The number of aromatic hydroxyl groups is 1. The van der Waals surface area contributed by atoms with E-state index in [-0.39, 0.29) is 41.3 Å². The topological polar surface area (TPSA) is 85.6 Å². The van der Waals surface area contributed by atoms with E-state index in [1.807, 2.05) is 0 Å². The van der Waals surface area contributed by atoms with E-state index in [9.17, 15) is 14.3 Å². The van der Waals surface area contributed by atoms with E-state index in [4.69, 9.17) is 9.47 Å². The van der Waals surface area contributed by atoms with Gasteiger partial charge in [-0.25, -0.2) is 9.07 Å². The van der Waals surface area contributed by atoms with E-state index in [1.54, 1.807) is 35.1 Å². The number of nitrogens with zero attached hydrogens (tertiary/aromatic N) is 2. The van der Waals surface area contributed by atoms with Crippen molar-refractivity contribution in [3.05, 3.63) is 59.5 Å². The lowest BCUT2D eigenvalue weighted by atomic mass is 9.87. The van der Waals surface area contributed by atoms with Gasteiger partial charge in [-0.3, -0.25) is 4.79 Å². The van der Waals surface area contributed by atoms with Crippen LogP contribution < -0.4 is 14.8 Å². The molecule has 1 amide bonds. The average Bonchev–Trinajstić information content (AvgIpc) is 3.12. The normalized spacial score (nSPS) is 15.7. The van der Waals surface area contributed by atoms with Crippen molar-refractivity contribution in [2.75, 3.05) is 19.5 Å². The third-order valence-corrected chi connectivity index (χ3v) is 4.80. The summed E-state index contributed by atoms with van der Waals surface area (Å²) in [6.07, 6.45) is 1.88. The molecular formula is C20H18FN3O4. The predicted octanol–water partition coefficient (Wildman–Crippen LogP) is 3.21. The summed E-state index contributed by atoms with van der Waals surface area (Å²) in [5.41, 5.74) is 2.18. The lowest BCUT2D eigenvalue weighted by molar-refractivity contribution is -0.116. The molecule has 7 nitrogen and oxygen atoms in total. The number of benzene rings is 2. The Balaban J connectivity index is 1.82. The number of phenolic OH excluding ortho intramolecular Hbond substituents is 1. The van der Waals surface area contributed by atoms with Crippen molar-refractivity contribution in [3.8, 4) is 22.9 Å². The van der Waals surface area contributed by atoms with Crippen LogP contribution in [0.15, 0.2) is 42.6 Å². The molecule has 1 aromatic heterocycles. The van der Waals surface area contributed by atoms with E-state index in [0.717, 1.165) is 11.1 Å². The summed E-state index contributed by atoms with van der Waals surface area (Å²) in [5.74, 6) is 0.111. The van der Waals surface area contributed by atoms with Crippen molar-refractivity contribution in [2.45, 2.75) is 12.3 Å². The molecular weight excluding hydrogens is 365 g/mol. The fraction of sp³-hybridized carbons (Fsp3) is 0.200. The minimum absolute atomic E-state index is 0.101. The molecule has 1 aliphatic rings. The fourth-order valence-corrected chi connectivity index (χ4v) is 3.41. The number of anilines is 1. The van der Waals surface area contributed by atoms with Gasteiger partial charge in [0.2, 0.25) is 11.7 Å². The summed E-state index contributed by atoms with van der Waals surface area (Å²) in [4.78, 5) is 12.4. The number of phenols is 1. The first-order valence-electron chi connectivity index (χ1n) is 8.60. The minimum Gasteiger partial charge on any atom is -0.502 e. The van der Waals surface area contributed by atoms with E-state index >= 15 is 0 Å². The highest BCUT2D eigenvalue weighted by Gasteiger charge is 2.31. The van der Waals surface area contributed by atoms with Crippen molar-refractivity contribution < 1.29 is 23.8 Å². The fourth-order valence-electron chi connectivity index (χ4n) is 3.41. The number of carbonyl (C=O) groups excluding carboxylic acids is 1. The second kappa shape index (κ2) is 6.88. The molecule has 144 valence electrons. The number of fused-ring (bicyclic) bond motifs is 1. The van der Waals surface area contributed by atoms with Gasteiger partial charge in [0.05, 0.1) is 26.1 Å². The Morgan fingerprint density at radius 1 is 1.18 bits per heavy atom. The summed E-state index contributed by atoms with van der Waals surface area (Å²) < 4.78 is 25.3. The SMILES string of the molecule is COc1cc([C@H]2CC(=O)Nc3c2cnn3-c2ccc(F)cc2)cc(OC)c1O. The molecule has 0 saturated carbocycles. The molecule has 3 aromatic rings. The van der Waals surface area contributed by atoms with Crippen LogP contribution in [-0.2, 0) is 4.79 Å². The molecule has 0 radical (unpaired) electrons. The number of halogens is 1. The zero-order valence-electron chi connectivity index (χ0n) is 15.3. The molecule has 2 aromatic carbocycles. The van der Waals surface area contributed by atoms with E-state index in [0.29, 0.717) is 11.5 Å². The van der Waals surface area contributed by atoms with Crippen LogP contribution in [0.4, 0.5) is 10.2 Å². The highest BCUT2D eigenvalue weighted by molar-refractivity contribution is 5.94. The highest BCUT2D eigenvalue weighted by Crippen LogP contribution is 2.44. The van der Waals surface area contributed by atoms with Crippen molar-refractivity contribution in [3.63, 3.8) is 0 Å². The Labute approximate surface area is 160 Å². The van der Waals surface area contributed by atoms with E-state index < -0.39 is 0 Å².